The van der Waals surface area contributed by atoms with E-state index in [0.717, 1.165) is 25.4 Å². The molecule has 110 valence electrons. The molecule has 6 heteroatoms. The van der Waals surface area contributed by atoms with Crippen molar-refractivity contribution < 1.29 is 30.0 Å². The Kier molecular flexibility index (Phi) is 26.7. The van der Waals surface area contributed by atoms with E-state index in [9.17, 15) is 9.59 Å². The number of carbonyl (C=O) groups is 2. The van der Waals surface area contributed by atoms with Gasteiger partial charge in [-0.3, -0.25) is 0 Å². The SMILES string of the molecule is CC(O)CO.CC(O)CO.O=CCCCCC=O. The molecule has 0 radical (unpaired) electrons. The van der Waals surface area contributed by atoms with Gasteiger partial charge >= 0.3 is 0 Å². The van der Waals surface area contributed by atoms with Crippen LogP contribution in [0.25, 0.3) is 0 Å². The molecule has 2 atom stereocenters. The number of unbranched alkanes of at least 4 members (excludes halogenated alkanes) is 3. The van der Waals surface area contributed by atoms with E-state index in [1.807, 2.05) is 0 Å². The third kappa shape index (κ3) is 45.6. The van der Waals surface area contributed by atoms with Crippen LogP contribution in [0, 0.1) is 0 Å². The maximum atomic E-state index is 9.68. The zero-order chi connectivity index (χ0) is 14.8. The van der Waals surface area contributed by atoms with Crippen LogP contribution in [0.5, 0.6) is 0 Å². The van der Waals surface area contributed by atoms with Crippen molar-refractivity contribution >= 4 is 12.6 Å². The van der Waals surface area contributed by atoms with Gasteiger partial charge in [0.1, 0.15) is 12.6 Å². The molecule has 0 aromatic rings. The molecule has 2 unspecified atom stereocenters. The van der Waals surface area contributed by atoms with Gasteiger partial charge in [0.15, 0.2) is 0 Å². The van der Waals surface area contributed by atoms with Gasteiger partial charge in [0.05, 0.1) is 25.4 Å². The summed E-state index contributed by atoms with van der Waals surface area (Å²) in [5, 5.41) is 32.0. The number of carbonyl (C=O) groups excluding carboxylic acids is 2. The number of hydrogen-bond acceptors (Lipinski definition) is 6. The maximum absolute atomic E-state index is 9.68. The molecule has 0 spiro atoms. The molecule has 0 bridgehead atoms. The molecule has 0 saturated heterocycles. The van der Waals surface area contributed by atoms with Crippen LogP contribution in [-0.4, -0.2) is 58.4 Å². The highest BCUT2D eigenvalue weighted by molar-refractivity contribution is 5.50. The summed E-state index contributed by atoms with van der Waals surface area (Å²) in [7, 11) is 0. The predicted molar refractivity (Wildman–Crippen MR) is 68.1 cm³/mol. The zero-order valence-electron chi connectivity index (χ0n) is 11.2. The quantitative estimate of drug-likeness (QED) is 0.370. The first kappa shape index (κ1) is 22.4. The van der Waals surface area contributed by atoms with Crippen molar-refractivity contribution in [1.29, 1.82) is 0 Å². The van der Waals surface area contributed by atoms with Gasteiger partial charge in [0, 0.05) is 12.8 Å². The van der Waals surface area contributed by atoms with Crippen LogP contribution in [0.15, 0.2) is 0 Å². The van der Waals surface area contributed by atoms with Gasteiger partial charge in [-0.05, 0) is 26.7 Å². The second-order valence-electron chi connectivity index (χ2n) is 3.68. The minimum absolute atomic E-state index is 0.139. The molecule has 18 heavy (non-hydrogen) atoms. The molecule has 0 amide bonds. The molecule has 0 aliphatic heterocycles. The molecule has 6 nitrogen and oxygen atoms in total. The number of aliphatic hydroxyl groups excluding tert-OH is 4. The lowest BCUT2D eigenvalue weighted by atomic mass is 10.2. The Morgan fingerprint density at radius 2 is 1.06 bits per heavy atom. The Morgan fingerprint density at radius 3 is 1.17 bits per heavy atom. The van der Waals surface area contributed by atoms with E-state index < -0.39 is 12.2 Å². The van der Waals surface area contributed by atoms with Gasteiger partial charge in [-0.2, -0.15) is 0 Å². The molecule has 0 aliphatic carbocycles. The fourth-order valence-corrected chi connectivity index (χ4v) is 0.455. The molecule has 0 aliphatic rings. The number of aldehydes is 2. The van der Waals surface area contributed by atoms with Crippen LogP contribution >= 0.6 is 0 Å². The lowest BCUT2D eigenvalue weighted by Gasteiger charge is -1.90. The monoisotopic (exact) mass is 266 g/mol. The number of aliphatic hydroxyl groups is 4. The van der Waals surface area contributed by atoms with Crippen LogP contribution in [0.2, 0.25) is 0 Å². The molecule has 0 rings (SSSR count). The van der Waals surface area contributed by atoms with E-state index in [-0.39, 0.29) is 13.2 Å². The third-order valence-electron chi connectivity index (χ3n) is 1.42. The van der Waals surface area contributed by atoms with Gasteiger partial charge < -0.3 is 30.0 Å². The zero-order valence-corrected chi connectivity index (χ0v) is 11.2. The van der Waals surface area contributed by atoms with Crippen molar-refractivity contribution in [2.45, 2.75) is 51.7 Å². The lowest BCUT2D eigenvalue weighted by molar-refractivity contribution is -0.109. The van der Waals surface area contributed by atoms with E-state index in [2.05, 4.69) is 0 Å². The summed E-state index contributed by atoms with van der Waals surface area (Å²) in [6.45, 7) is 2.78. The van der Waals surface area contributed by atoms with Gasteiger partial charge in [-0.1, -0.05) is 0 Å². The molecule has 0 fully saturated rings. The van der Waals surface area contributed by atoms with Crippen molar-refractivity contribution in [2.24, 2.45) is 0 Å². The molecular weight excluding hydrogens is 240 g/mol. The van der Waals surface area contributed by atoms with Crippen molar-refractivity contribution in [1.82, 2.24) is 0 Å². The lowest BCUT2D eigenvalue weighted by Crippen LogP contribution is -2.03. The van der Waals surface area contributed by atoms with Crippen LogP contribution in [0.1, 0.15) is 39.5 Å². The Hall–Kier alpha value is -0.820. The molecule has 4 N–H and O–H groups in total. The van der Waals surface area contributed by atoms with E-state index in [1.165, 1.54) is 13.8 Å². The van der Waals surface area contributed by atoms with E-state index >= 15 is 0 Å². The first-order valence-electron chi connectivity index (χ1n) is 5.91. The average molecular weight is 266 g/mol. The van der Waals surface area contributed by atoms with Gasteiger partial charge in [0.25, 0.3) is 0 Å². The summed E-state index contributed by atoms with van der Waals surface area (Å²) < 4.78 is 0. The summed E-state index contributed by atoms with van der Waals surface area (Å²) in [5.41, 5.74) is 0. The second-order valence-corrected chi connectivity index (χ2v) is 3.68. The van der Waals surface area contributed by atoms with Crippen molar-refractivity contribution in [3.63, 3.8) is 0 Å². The minimum atomic E-state index is -0.560. The van der Waals surface area contributed by atoms with Crippen molar-refractivity contribution in [2.75, 3.05) is 13.2 Å². The molecule has 0 aromatic heterocycles. The van der Waals surface area contributed by atoms with E-state index in [1.54, 1.807) is 0 Å². The largest absolute Gasteiger partial charge is 0.394 e. The number of rotatable bonds is 7. The van der Waals surface area contributed by atoms with Crippen molar-refractivity contribution in [3.8, 4) is 0 Å². The van der Waals surface area contributed by atoms with E-state index in [0.29, 0.717) is 12.8 Å². The smallest absolute Gasteiger partial charge is 0.119 e. The fraction of sp³-hybridized carbons (Fsp3) is 0.833. The van der Waals surface area contributed by atoms with Crippen LogP contribution < -0.4 is 0 Å². The van der Waals surface area contributed by atoms with Gasteiger partial charge in [-0.25, -0.2) is 0 Å². The standard InChI is InChI=1S/C6H10O2.2C3H8O2/c7-5-3-1-2-4-6-8;2*1-3(5)2-4/h5-6H,1-4H2;2*3-5H,2H2,1H3. The molecule has 0 heterocycles. The van der Waals surface area contributed by atoms with E-state index in [4.69, 9.17) is 20.4 Å². The second kappa shape index (κ2) is 21.5. The Bertz CT molecular complexity index is 141. The minimum Gasteiger partial charge on any atom is -0.394 e. The summed E-state index contributed by atoms with van der Waals surface area (Å²) >= 11 is 0. The van der Waals surface area contributed by atoms with Crippen molar-refractivity contribution in [3.05, 3.63) is 0 Å². The first-order valence-corrected chi connectivity index (χ1v) is 5.91. The number of hydrogen-bond donors (Lipinski definition) is 4. The molecule has 0 saturated carbocycles. The highest BCUT2D eigenvalue weighted by Crippen LogP contribution is 1.93. The summed E-state index contributed by atoms with van der Waals surface area (Å²) in [5.74, 6) is 0. The van der Waals surface area contributed by atoms with Crippen LogP contribution in [0.4, 0.5) is 0 Å². The normalized spacial score (nSPS) is 12.1. The Labute approximate surface area is 108 Å². The van der Waals surface area contributed by atoms with Gasteiger partial charge in [0.2, 0.25) is 0 Å². The predicted octanol–water partition coefficient (Wildman–Crippen LogP) is -0.336. The average Bonchev–Trinajstić information content (AvgIpc) is 2.36. The summed E-state index contributed by atoms with van der Waals surface area (Å²) in [6, 6.07) is 0. The molecular formula is C12H26O6. The summed E-state index contributed by atoms with van der Waals surface area (Å²) in [4.78, 5) is 19.4. The fourth-order valence-electron chi connectivity index (χ4n) is 0.455. The highest BCUT2D eigenvalue weighted by Gasteiger charge is 1.84. The topological polar surface area (TPSA) is 115 Å². The first-order chi connectivity index (χ1) is 8.45. The Morgan fingerprint density at radius 1 is 0.833 bits per heavy atom. The van der Waals surface area contributed by atoms with Crippen LogP contribution in [-0.2, 0) is 9.59 Å². The summed E-state index contributed by atoms with van der Waals surface area (Å²) in [6.07, 6.45) is 3.52. The van der Waals surface area contributed by atoms with Crippen LogP contribution in [0.3, 0.4) is 0 Å². The molecule has 0 aromatic carbocycles. The maximum Gasteiger partial charge on any atom is 0.119 e. The Balaban J connectivity index is -0.000000197. The van der Waals surface area contributed by atoms with Gasteiger partial charge in [-0.15, -0.1) is 0 Å². The highest BCUT2D eigenvalue weighted by atomic mass is 16.3. The third-order valence-corrected chi connectivity index (χ3v) is 1.42.